The van der Waals surface area contributed by atoms with Crippen LogP contribution in [0.5, 0.6) is 0 Å². The molecule has 1 saturated heterocycles. The first-order valence-corrected chi connectivity index (χ1v) is 12.0. The minimum absolute atomic E-state index is 0.144. The molecule has 7 heteroatoms. The summed E-state index contributed by atoms with van der Waals surface area (Å²) in [5.74, 6) is -0.0738. The van der Waals surface area contributed by atoms with Crippen LogP contribution < -0.4 is 4.90 Å². The Morgan fingerprint density at radius 1 is 1.03 bits per heavy atom. The fourth-order valence-corrected chi connectivity index (χ4v) is 4.86. The van der Waals surface area contributed by atoms with E-state index in [1.54, 1.807) is 18.3 Å². The Balaban J connectivity index is 1.24. The summed E-state index contributed by atoms with van der Waals surface area (Å²) in [5, 5.41) is 1.75. The fourth-order valence-electron chi connectivity index (χ4n) is 4.69. The van der Waals surface area contributed by atoms with Gasteiger partial charge in [-0.05, 0) is 60.9 Å². The number of aromatic amines is 1. The largest absolute Gasteiger partial charge is 0.366 e. The van der Waals surface area contributed by atoms with Crippen LogP contribution in [0.25, 0.3) is 22.3 Å². The second-order valence-corrected chi connectivity index (χ2v) is 8.99. The van der Waals surface area contributed by atoms with Crippen molar-refractivity contribution in [2.45, 2.75) is 19.3 Å². The van der Waals surface area contributed by atoms with E-state index in [2.05, 4.69) is 9.97 Å². The Labute approximate surface area is 203 Å². The standard InChI is InChI=1S/C27H26ClFN4O/c28-19-11-12-23-21(18-19)20(27(31-23)24-8-3-4-13-30-24)6-5-10-26(34)33-16-14-32(15-17-33)25-9-2-1-7-22(25)29/h1-4,7-9,11-13,18,31H,5-6,10,14-17H2. The van der Waals surface area contributed by atoms with Crippen LogP contribution in [-0.2, 0) is 11.2 Å². The molecule has 4 aromatic rings. The smallest absolute Gasteiger partial charge is 0.222 e. The molecule has 0 spiro atoms. The lowest BCUT2D eigenvalue weighted by molar-refractivity contribution is -0.131. The highest BCUT2D eigenvalue weighted by Crippen LogP contribution is 2.32. The van der Waals surface area contributed by atoms with Crippen LogP contribution in [-0.4, -0.2) is 47.0 Å². The first kappa shape index (κ1) is 22.4. The van der Waals surface area contributed by atoms with Crippen molar-refractivity contribution in [1.82, 2.24) is 14.9 Å². The Morgan fingerprint density at radius 2 is 1.82 bits per heavy atom. The van der Waals surface area contributed by atoms with Crippen molar-refractivity contribution >= 4 is 34.1 Å². The molecule has 2 aromatic heterocycles. The Bertz CT molecular complexity index is 1300. The first-order valence-electron chi connectivity index (χ1n) is 11.6. The fraction of sp³-hybridized carbons (Fsp3) is 0.259. The average Bonchev–Trinajstić information content (AvgIpc) is 3.22. The summed E-state index contributed by atoms with van der Waals surface area (Å²) in [6.07, 6.45) is 3.72. The topological polar surface area (TPSA) is 52.2 Å². The van der Waals surface area contributed by atoms with E-state index in [4.69, 9.17) is 11.6 Å². The molecule has 0 radical (unpaired) electrons. The van der Waals surface area contributed by atoms with E-state index < -0.39 is 0 Å². The zero-order valence-electron chi connectivity index (χ0n) is 18.8. The lowest BCUT2D eigenvalue weighted by atomic mass is 10.0. The number of carbonyl (C=O) groups is 1. The molecule has 5 nitrogen and oxygen atoms in total. The zero-order chi connectivity index (χ0) is 23.5. The monoisotopic (exact) mass is 476 g/mol. The number of benzene rings is 2. The van der Waals surface area contributed by atoms with Gasteiger partial charge in [0.05, 0.1) is 17.1 Å². The van der Waals surface area contributed by atoms with Crippen molar-refractivity contribution in [2.75, 3.05) is 31.1 Å². The third-order valence-corrected chi connectivity index (χ3v) is 6.67. The zero-order valence-corrected chi connectivity index (χ0v) is 19.6. The van der Waals surface area contributed by atoms with Crippen LogP contribution >= 0.6 is 11.6 Å². The van der Waals surface area contributed by atoms with Gasteiger partial charge in [0.25, 0.3) is 0 Å². The number of piperazine rings is 1. The van der Waals surface area contributed by atoms with Gasteiger partial charge in [-0.15, -0.1) is 0 Å². The second kappa shape index (κ2) is 9.85. The molecule has 1 aliphatic heterocycles. The van der Waals surface area contributed by atoms with Gasteiger partial charge in [-0.1, -0.05) is 29.8 Å². The van der Waals surface area contributed by atoms with Crippen molar-refractivity contribution in [3.8, 4) is 11.4 Å². The molecule has 0 unspecified atom stereocenters. The van der Waals surface area contributed by atoms with Crippen LogP contribution in [0.1, 0.15) is 18.4 Å². The number of para-hydroxylation sites is 1. The molecule has 1 N–H and O–H groups in total. The van der Waals surface area contributed by atoms with Crippen molar-refractivity contribution < 1.29 is 9.18 Å². The van der Waals surface area contributed by atoms with Crippen LogP contribution in [0.2, 0.25) is 5.02 Å². The van der Waals surface area contributed by atoms with E-state index in [1.807, 2.05) is 52.3 Å². The van der Waals surface area contributed by atoms with Gasteiger partial charge in [-0.3, -0.25) is 9.78 Å². The van der Waals surface area contributed by atoms with E-state index >= 15 is 0 Å². The minimum atomic E-state index is -0.218. The number of carbonyl (C=O) groups excluding carboxylic acids is 1. The van der Waals surface area contributed by atoms with Crippen LogP contribution in [0.3, 0.4) is 0 Å². The molecule has 0 atom stereocenters. The van der Waals surface area contributed by atoms with Gasteiger partial charge in [0.15, 0.2) is 0 Å². The molecular formula is C27H26ClFN4O. The van der Waals surface area contributed by atoms with Gasteiger partial charge in [0, 0.05) is 54.7 Å². The molecule has 3 heterocycles. The summed E-state index contributed by atoms with van der Waals surface area (Å²) >= 11 is 6.28. The average molecular weight is 477 g/mol. The summed E-state index contributed by atoms with van der Waals surface area (Å²) in [5.41, 5.74) is 4.60. The maximum Gasteiger partial charge on any atom is 0.222 e. The Morgan fingerprint density at radius 3 is 2.59 bits per heavy atom. The molecule has 1 fully saturated rings. The number of nitrogens with one attached hydrogen (secondary N) is 1. The number of anilines is 1. The summed E-state index contributed by atoms with van der Waals surface area (Å²) in [6.45, 7) is 2.49. The van der Waals surface area contributed by atoms with Crippen molar-refractivity contribution in [3.63, 3.8) is 0 Å². The minimum Gasteiger partial charge on any atom is -0.366 e. The van der Waals surface area contributed by atoms with Crippen LogP contribution in [0.4, 0.5) is 10.1 Å². The van der Waals surface area contributed by atoms with Crippen LogP contribution in [0, 0.1) is 5.82 Å². The van der Waals surface area contributed by atoms with Gasteiger partial charge in [0.1, 0.15) is 5.82 Å². The normalized spacial score (nSPS) is 14.1. The number of amides is 1. The van der Waals surface area contributed by atoms with Gasteiger partial charge < -0.3 is 14.8 Å². The predicted octanol–water partition coefficient (Wildman–Crippen LogP) is 5.69. The molecule has 174 valence electrons. The lowest BCUT2D eigenvalue weighted by Crippen LogP contribution is -2.49. The van der Waals surface area contributed by atoms with Crippen LogP contribution in [0.15, 0.2) is 66.9 Å². The van der Waals surface area contributed by atoms with Gasteiger partial charge in [-0.2, -0.15) is 0 Å². The highest BCUT2D eigenvalue weighted by molar-refractivity contribution is 6.31. The quantitative estimate of drug-likeness (QED) is 0.388. The molecule has 1 amide bonds. The van der Waals surface area contributed by atoms with E-state index in [-0.39, 0.29) is 11.7 Å². The molecule has 5 rings (SSSR count). The predicted molar refractivity (Wildman–Crippen MR) is 135 cm³/mol. The third kappa shape index (κ3) is 4.64. The highest BCUT2D eigenvalue weighted by atomic mass is 35.5. The molecule has 0 saturated carbocycles. The molecular weight excluding hydrogens is 451 g/mol. The van der Waals surface area contributed by atoms with E-state index in [0.717, 1.165) is 40.7 Å². The lowest BCUT2D eigenvalue weighted by Gasteiger charge is -2.36. The van der Waals surface area contributed by atoms with Crippen molar-refractivity contribution in [2.24, 2.45) is 0 Å². The number of H-pyrrole nitrogens is 1. The number of nitrogens with zero attached hydrogens (tertiary/aromatic N) is 3. The number of rotatable bonds is 6. The number of halogens is 2. The number of aromatic nitrogens is 2. The van der Waals surface area contributed by atoms with Crippen molar-refractivity contribution in [1.29, 1.82) is 0 Å². The summed E-state index contributed by atoms with van der Waals surface area (Å²) in [6, 6.07) is 18.5. The Kier molecular flexibility index (Phi) is 6.50. The second-order valence-electron chi connectivity index (χ2n) is 8.56. The van der Waals surface area contributed by atoms with E-state index in [9.17, 15) is 9.18 Å². The molecule has 1 aliphatic rings. The molecule has 0 aliphatic carbocycles. The van der Waals surface area contributed by atoms with Gasteiger partial charge in [-0.25, -0.2) is 4.39 Å². The summed E-state index contributed by atoms with van der Waals surface area (Å²) < 4.78 is 14.1. The molecule has 34 heavy (non-hydrogen) atoms. The van der Waals surface area contributed by atoms with E-state index in [1.165, 1.54) is 6.07 Å². The number of aryl methyl sites for hydroxylation is 1. The van der Waals surface area contributed by atoms with Gasteiger partial charge in [0.2, 0.25) is 5.91 Å². The molecule has 2 aromatic carbocycles. The Hall–Kier alpha value is -3.38. The summed E-state index contributed by atoms with van der Waals surface area (Å²) in [4.78, 5) is 24.8. The number of hydrogen-bond donors (Lipinski definition) is 1. The highest BCUT2D eigenvalue weighted by Gasteiger charge is 2.23. The molecule has 0 bridgehead atoms. The third-order valence-electron chi connectivity index (χ3n) is 6.43. The van der Waals surface area contributed by atoms with Crippen molar-refractivity contribution in [3.05, 3.63) is 83.3 Å². The maximum absolute atomic E-state index is 14.1. The number of fused-ring (bicyclic) bond motifs is 1. The summed E-state index contributed by atoms with van der Waals surface area (Å²) in [7, 11) is 0. The SMILES string of the molecule is O=C(CCCc1c(-c2ccccn2)[nH]c2ccc(Cl)cc12)N1CCN(c2ccccc2F)CC1. The van der Waals surface area contributed by atoms with Gasteiger partial charge >= 0.3 is 0 Å². The number of hydrogen-bond acceptors (Lipinski definition) is 3. The maximum atomic E-state index is 14.1. The van der Waals surface area contributed by atoms with E-state index in [0.29, 0.717) is 43.3 Å². The number of pyridine rings is 1. The first-order chi connectivity index (χ1) is 16.6.